The second kappa shape index (κ2) is 5.29. The number of hydrogen-bond donors (Lipinski definition) is 1. The predicted octanol–water partition coefficient (Wildman–Crippen LogP) is 6.04. The number of benzene rings is 2. The third kappa shape index (κ3) is 2.36. The number of allylic oxidation sites excluding steroid dienone is 2. The Bertz CT molecular complexity index is 706. The first-order valence-corrected chi connectivity index (χ1v) is 8.79. The molecule has 0 amide bonds. The molecule has 106 valence electrons. The van der Waals surface area contributed by atoms with E-state index < -0.39 is 0 Å². The smallest absolute Gasteiger partial charge is 0.0553 e. The van der Waals surface area contributed by atoms with E-state index in [0.29, 0.717) is 17.9 Å². The van der Waals surface area contributed by atoms with Crippen LogP contribution in [0.5, 0.6) is 0 Å². The summed E-state index contributed by atoms with van der Waals surface area (Å²) in [7, 11) is 0. The van der Waals surface area contributed by atoms with Crippen LogP contribution in [0.2, 0.25) is 0 Å². The normalized spacial score (nSPS) is 26.1. The van der Waals surface area contributed by atoms with Gasteiger partial charge in [0.2, 0.25) is 0 Å². The summed E-state index contributed by atoms with van der Waals surface area (Å²) in [6.45, 7) is 0. The van der Waals surface area contributed by atoms with Gasteiger partial charge in [-0.2, -0.15) is 0 Å². The lowest BCUT2D eigenvalue weighted by Gasteiger charge is -2.37. The summed E-state index contributed by atoms with van der Waals surface area (Å²) in [4.78, 5) is 0. The largest absolute Gasteiger partial charge is 0.378 e. The van der Waals surface area contributed by atoms with Crippen molar-refractivity contribution in [3.63, 3.8) is 0 Å². The number of fused-ring (bicyclic) bond motifs is 3. The molecule has 1 N–H and O–H groups in total. The number of anilines is 1. The van der Waals surface area contributed by atoms with Gasteiger partial charge >= 0.3 is 0 Å². The van der Waals surface area contributed by atoms with Crippen molar-refractivity contribution in [2.45, 2.75) is 18.4 Å². The lowest BCUT2D eigenvalue weighted by atomic mass is 9.77. The highest BCUT2D eigenvalue weighted by Crippen LogP contribution is 2.50. The average molecular weight is 405 g/mol. The molecule has 0 saturated carbocycles. The molecule has 3 heteroatoms. The molecule has 2 aliphatic rings. The molecular weight excluding hydrogens is 390 g/mol. The maximum absolute atomic E-state index is 3.76. The highest BCUT2D eigenvalue weighted by molar-refractivity contribution is 9.10. The summed E-state index contributed by atoms with van der Waals surface area (Å²) in [5.74, 6) is 1.13. The molecule has 1 aliphatic carbocycles. The second-order valence-electron chi connectivity index (χ2n) is 5.76. The van der Waals surface area contributed by atoms with Gasteiger partial charge in [-0.3, -0.25) is 0 Å². The molecule has 0 saturated heterocycles. The van der Waals surface area contributed by atoms with Gasteiger partial charge in [-0.05, 0) is 53.8 Å². The molecule has 21 heavy (non-hydrogen) atoms. The molecule has 4 rings (SSSR count). The summed E-state index contributed by atoms with van der Waals surface area (Å²) < 4.78 is 2.29. The fraction of sp³-hybridized carbons (Fsp3) is 0.222. The van der Waals surface area contributed by atoms with Gasteiger partial charge in [-0.25, -0.2) is 0 Å². The van der Waals surface area contributed by atoms with Crippen LogP contribution >= 0.6 is 31.9 Å². The summed E-state index contributed by atoms with van der Waals surface area (Å²) >= 11 is 7.12. The zero-order valence-corrected chi connectivity index (χ0v) is 14.6. The van der Waals surface area contributed by atoms with Crippen LogP contribution in [0.15, 0.2) is 63.6 Å². The molecule has 3 atom stereocenters. The number of halogens is 2. The fourth-order valence-electron chi connectivity index (χ4n) is 3.57. The van der Waals surface area contributed by atoms with Crippen molar-refractivity contribution in [2.75, 3.05) is 5.32 Å². The SMILES string of the molecule is Brc1ccc([C@@H]2Nc3ccc(Br)cc3[C@@H]3C=CC[C@@H]32)cc1. The Morgan fingerprint density at radius 2 is 1.71 bits per heavy atom. The molecule has 1 nitrogen and oxygen atoms in total. The van der Waals surface area contributed by atoms with E-state index in [0.717, 1.165) is 15.4 Å². The van der Waals surface area contributed by atoms with Gasteiger partial charge in [0.1, 0.15) is 0 Å². The van der Waals surface area contributed by atoms with E-state index in [9.17, 15) is 0 Å². The van der Waals surface area contributed by atoms with Gasteiger partial charge in [0.25, 0.3) is 0 Å². The minimum absolute atomic E-state index is 0.381. The summed E-state index contributed by atoms with van der Waals surface area (Å²) in [6.07, 6.45) is 5.85. The maximum atomic E-state index is 3.76. The first-order valence-electron chi connectivity index (χ1n) is 7.20. The zero-order valence-electron chi connectivity index (χ0n) is 11.4. The highest BCUT2D eigenvalue weighted by Gasteiger charge is 2.37. The Balaban J connectivity index is 1.78. The molecule has 1 heterocycles. The molecule has 2 aromatic carbocycles. The fourth-order valence-corrected chi connectivity index (χ4v) is 4.21. The topological polar surface area (TPSA) is 12.0 Å². The van der Waals surface area contributed by atoms with Crippen LogP contribution in [0.3, 0.4) is 0 Å². The number of nitrogens with one attached hydrogen (secondary N) is 1. The Morgan fingerprint density at radius 3 is 2.52 bits per heavy atom. The predicted molar refractivity (Wildman–Crippen MR) is 94.6 cm³/mol. The zero-order chi connectivity index (χ0) is 14.4. The van der Waals surface area contributed by atoms with E-state index in [1.165, 1.54) is 16.8 Å². The van der Waals surface area contributed by atoms with Gasteiger partial charge in [-0.1, -0.05) is 56.1 Å². The van der Waals surface area contributed by atoms with Crippen molar-refractivity contribution in [1.29, 1.82) is 0 Å². The standard InChI is InChI=1S/C18H15Br2N/c19-12-6-4-11(5-7-12)18-15-3-1-2-14(15)16-10-13(20)8-9-17(16)21-18/h1-2,4-10,14-15,18,21H,3H2/t14-,15+,18+/m1/s1. The van der Waals surface area contributed by atoms with Crippen molar-refractivity contribution < 1.29 is 0 Å². The summed E-state index contributed by atoms with van der Waals surface area (Å²) in [5.41, 5.74) is 4.04. The quantitative estimate of drug-likeness (QED) is 0.571. The van der Waals surface area contributed by atoms with E-state index in [1.807, 2.05) is 0 Å². The van der Waals surface area contributed by atoms with Crippen molar-refractivity contribution in [2.24, 2.45) is 5.92 Å². The van der Waals surface area contributed by atoms with Crippen molar-refractivity contribution >= 4 is 37.5 Å². The lowest BCUT2D eigenvalue weighted by Crippen LogP contribution is -2.29. The molecule has 0 unspecified atom stereocenters. The van der Waals surface area contributed by atoms with Crippen LogP contribution in [-0.2, 0) is 0 Å². The number of rotatable bonds is 1. The van der Waals surface area contributed by atoms with E-state index in [4.69, 9.17) is 0 Å². The van der Waals surface area contributed by atoms with Gasteiger partial charge in [-0.15, -0.1) is 0 Å². The first kappa shape index (κ1) is 13.6. The monoisotopic (exact) mass is 403 g/mol. The van der Waals surface area contributed by atoms with Gasteiger partial charge in [0.05, 0.1) is 6.04 Å². The number of hydrogen-bond acceptors (Lipinski definition) is 1. The third-order valence-electron chi connectivity index (χ3n) is 4.55. The van der Waals surface area contributed by atoms with Crippen LogP contribution in [0.25, 0.3) is 0 Å². The molecule has 0 fully saturated rings. The summed E-state index contributed by atoms with van der Waals surface area (Å²) in [5, 5.41) is 3.76. The molecule has 0 radical (unpaired) electrons. The van der Waals surface area contributed by atoms with Crippen LogP contribution in [0.4, 0.5) is 5.69 Å². The first-order chi connectivity index (χ1) is 10.2. The molecule has 1 aliphatic heterocycles. The van der Waals surface area contributed by atoms with E-state index in [-0.39, 0.29) is 0 Å². The Morgan fingerprint density at radius 1 is 0.952 bits per heavy atom. The minimum Gasteiger partial charge on any atom is -0.378 e. The molecule has 0 aromatic heterocycles. The van der Waals surface area contributed by atoms with Crippen LogP contribution in [-0.4, -0.2) is 0 Å². The van der Waals surface area contributed by atoms with Gasteiger partial charge in [0, 0.05) is 20.6 Å². The highest BCUT2D eigenvalue weighted by atomic mass is 79.9. The maximum Gasteiger partial charge on any atom is 0.0553 e. The summed E-state index contributed by atoms with van der Waals surface area (Å²) in [6, 6.07) is 15.6. The van der Waals surface area contributed by atoms with Crippen molar-refractivity contribution in [3.8, 4) is 0 Å². The van der Waals surface area contributed by atoms with Crippen molar-refractivity contribution in [1.82, 2.24) is 0 Å². The van der Waals surface area contributed by atoms with Crippen LogP contribution in [0.1, 0.15) is 29.5 Å². The lowest BCUT2D eigenvalue weighted by molar-refractivity contribution is 0.425. The van der Waals surface area contributed by atoms with E-state index in [2.05, 4.69) is 91.8 Å². The molecule has 0 spiro atoms. The van der Waals surface area contributed by atoms with Gasteiger partial charge < -0.3 is 5.32 Å². The van der Waals surface area contributed by atoms with E-state index in [1.54, 1.807) is 0 Å². The average Bonchev–Trinajstić information content (AvgIpc) is 2.97. The Kier molecular flexibility index (Phi) is 3.43. The second-order valence-corrected chi connectivity index (χ2v) is 7.59. The van der Waals surface area contributed by atoms with Crippen LogP contribution in [0, 0.1) is 5.92 Å². The molecule has 0 bridgehead atoms. The molecular formula is C18H15Br2N. The van der Waals surface area contributed by atoms with Gasteiger partial charge in [0.15, 0.2) is 0 Å². The Hall–Kier alpha value is -1.06. The minimum atomic E-state index is 0.381. The molecule has 2 aromatic rings. The van der Waals surface area contributed by atoms with Crippen LogP contribution < -0.4 is 5.32 Å². The third-order valence-corrected chi connectivity index (χ3v) is 5.58. The van der Waals surface area contributed by atoms with E-state index >= 15 is 0 Å². The Labute approximate surface area is 141 Å². The van der Waals surface area contributed by atoms with Crippen molar-refractivity contribution in [3.05, 3.63) is 74.7 Å².